The molecule has 0 bridgehead atoms. The van der Waals surface area contributed by atoms with Gasteiger partial charge < -0.3 is 16.0 Å². The average Bonchev–Trinajstić information content (AvgIpc) is 2.72. The third-order valence-corrected chi connectivity index (χ3v) is 4.93. The molecule has 3 N–H and O–H groups in total. The zero-order valence-corrected chi connectivity index (χ0v) is 18.3. The van der Waals surface area contributed by atoms with E-state index in [1.165, 1.54) is 11.1 Å². The van der Waals surface area contributed by atoms with Crippen LogP contribution in [0.4, 0.5) is 0 Å². The van der Waals surface area contributed by atoms with Gasteiger partial charge in [-0.2, -0.15) is 0 Å². The second-order valence-electron chi connectivity index (χ2n) is 7.90. The summed E-state index contributed by atoms with van der Waals surface area (Å²) in [5.41, 5.74) is 4.31. The second kappa shape index (κ2) is 10.6. The van der Waals surface area contributed by atoms with Gasteiger partial charge >= 0.3 is 0 Å². The van der Waals surface area contributed by atoms with Crippen LogP contribution in [0.3, 0.4) is 0 Å². The first-order chi connectivity index (χ1) is 13.9. The van der Waals surface area contributed by atoms with Crippen molar-refractivity contribution in [3.8, 4) is 0 Å². The van der Waals surface area contributed by atoms with Crippen molar-refractivity contribution in [1.29, 1.82) is 0 Å². The molecule has 29 heavy (non-hydrogen) atoms. The molecule has 2 aromatic carbocycles. The molecule has 0 fully saturated rings. The molecule has 0 atom stereocenters. The van der Waals surface area contributed by atoms with Crippen LogP contribution < -0.4 is 16.0 Å². The van der Waals surface area contributed by atoms with Crippen LogP contribution in [-0.2, 0) is 11.8 Å². The van der Waals surface area contributed by atoms with Crippen LogP contribution in [0.25, 0.3) is 0 Å². The molecule has 5 nitrogen and oxygen atoms in total. The summed E-state index contributed by atoms with van der Waals surface area (Å²) in [6.07, 6.45) is 0.816. The van der Waals surface area contributed by atoms with Gasteiger partial charge in [0.2, 0.25) is 0 Å². The molecule has 0 saturated heterocycles. The lowest BCUT2D eigenvalue weighted by Gasteiger charge is -2.24. The van der Waals surface area contributed by atoms with E-state index in [0.29, 0.717) is 12.1 Å². The van der Waals surface area contributed by atoms with Gasteiger partial charge in [-0.3, -0.25) is 9.79 Å². The quantitative estimate of drug-likeness (QED) is 0.475. The Balaban J connectivity index is 1.97. The third kappa shape index (κ3) is 6.93. The van der Waals surface area contributed by atoms with Crippen molar-refractivity contribution in [3.05, 3.63) is 70.8 Å². The number of benzene rings is 2. The maximum atomic E-state index is 11.8. The van der Waals surface area contributed by atoms with E-state index in [-0.39, 0.29) is 11.3 Å². The summed E-state index contributed by atoms with van der Waals surface area (Å²) in [5, 5.41) is 9.38. The fraction of sp³-hybridized carbons (Fsp3) is 0.417. The van der Waals surface area contributed by atoms with E-state index in [9.17, 15) is 4.79 Å². The standard InChI is InChI=1S/C24H34N4O/c1-6-26-23(28-17-24(3,4)21-12-10-18(2)11-13-21)27-15-14-19-8-7-9-20(16-19)22(29)25-5/h7-13,16H,6,14-15,17H2,1-5H3,(H,25,29)(H2,26,27,28). The predicted molar refractivity (Wildman–Crippen MR) is 122 cm³/mol. The van der Waals surface area contributed by atoms with Crippen LogP contribution >= 0.6 is 0 Å². The lowest BCUT2D eigenvalue weighted by atomic mass is 9.84. The predicted octanol–water partition coefficient (Wildman–Crippen LogP) is 3.43. The summed E-state index contributed by atoms with van der Waals surface area (Å²) in [7, 11) is 1.65. The fourth-order valence-corrected chi connectivity index (χ4v) is 3.05. The van der Waals surface area contributed by atoms with Gasteiger partial charge in [-0.15, -0.1) is 0 Å². The van der Waals surface area contributed by atoms with E-state index in [1.54, 1.807) is 7.05 Å². The van der Waals surface area contributed by atoms with Crippen molar-refractivity contribution in [2.24, 2.45) is 4.99 Å². The van der Waals surface area contributed by atoms with E-state index in [2.05, 4.69) is 67.9 Å². The van der Waals surface area contributed by atoms with Gasteiger partial charge in [-0.05, 0) is 43.5 Å². The first-order valence-electron chi connectivity index (χ1n) is 10.3. The Hall–Kier alpha value is -2.82. The van der Waals surface area contributed by atoms with Gasteiger partial charge in [-0.25, -0.2) is 0 Å². The normalized spacial score (nSPS) is 11.8. The molecule has 0 saturated carbocycles. The average molecular weight is 395 g/mol. The minimum Gasteiger partial charge on any atom is -0.357 e. The van der Waals surface area contributed by atoms with Gasteiger partial charge in [-0.1, -0.05) is 55.8 Å². The van der Waals surface area contributed by atoms with Crippen molar-refractivity contribution in [1.82, 2.24) is 16.0 Å². The van der Waals surface area contributed by atoms with Crippen LogP contribution in [0, 0.1) is 6.92 Å². The first kappa shape index (κ1) is 22.5. The number of guanidine groups is 1. The van der Waals surface area contributed by atoms with E-state index >= 15 is 0 Å². The highest BCUT2D eigenvalue weighted by Crippen LogP contribution is 2.23. The molecule has 0 aliphatic rings. The molecule has 0 radical (unpaired) electrons. The van der Waals surface area contributed by atoms with Crippen molar-refractivity contribution in [2.75, 3.05) is 26.7 Å². The van der Waals surface area contributed by atoms with E-state index in [0.717, 1.165) is 31.0 Å². The molecule has 0 aliphatic carbocycles. The van der Waals surface area contributed by atoms with E-state index < -0.39 is 0 Å². The van der Waals surface area contributed by atoms with Crippen molar-refractivity contribution in [3.63, 3.8) is 0 Å². The van der Waals surface area contributed by atoms with Gasteiger partial charge in [0.05, 0.1) is 6.54 Å². The Morgan fingerprint density at radius 1 is 1.07 bits per heavy atom. The number of carbonyl (C=O) groups is 1. The first-order valence-corrected chi connectivity index (χ1v) is 10.3. The molecule has 156 valence electrons. The summed E-state index contributed by atoms with van der Waals surface area (Å²) in [6.45, 7) is 10.8. The minimum absolute atomic E-state index is 0.0438. The zero-order chi connectivity index (χ0) is 21.3. The second-order valence-corrected chi connectivity index (χ2v) is 7.90. The Labute approximate surface area is 175 Å². The van der Waals surface area contributed by atoms with Crippen molar-refractivity contribution < 1.29 is 4.79 Å². The molecular weight excluding hydrogens is 360 g/mol. The number of nitrogens with zero attached hydrogens (tertiary/aromatic N) is 1. The zero-order valence-electron chi connectivity index (χ0n) is 18.3. The van der Waals surface area contributed by atoms with Crippen LogP contribution in [-0.4, -0.2) is 38.5 Å². The largest absolute Gasteiger partial charge is 0.357 e. The smallest absolute Gasteiger partial charge is 0.251 e. The lowest BCUT2D eigenvalue weighted by molar-refractivity contribution is 0.0963. The molecule has 0 aliphatic heterocycles. The summed E-state index contributed by atoms with van der Waals surface area (Å²) < 4.78 is 0. The number of rotatable bonds is 8. The monoisotopic (exact) mass is 394 g/mol. The molecule has 1 amide bonds. The van der Waals surface area contributed by atoms with Gasteiger partial charge in [0.15, 0.2) is 5.96 Å². The number of amides is 1. The minimum atomic E-state index is -0.0620. The molecule has 0 unspecified atom stereocenters. The Kier molecular flexibility index (Phi) is 8.25. The number of aryl methyl sites for hydroxylation is 1. The summed E-state index contributed by atoms with van der Waals surface area (Å²) >= 11 is 0. The lowest BCUT2D eigenvalue weighted by Crippen LogP contribution is -2.39. The van der Waals surface area contributed by atoms with Crippen LogP contribution in [0.2, 0.25) is 0 Å². The highest BCUT2D eigenvalue weighted by molar-refractivity contribution is 5.94. The van der Waals surface area contributed by atoms with Crippen molar-refractivity contribution >= 4 is 11.9 Å². The topological polar surface area (TPSA) is 65.5 Å². The van der Waals surface area contributed by atoms with E-state index in [1.807, 2.05) is 24.3 Å². The van der Waals surface area contributed by atoms with E-state index in [4.69, 9.17) is 4.99 Å². The SMILES string of the molecule is CCNC(=NCC(C)(C)c1ccc(C)cc1)NCCc1cccc(C(=O)NC)c1. The van der Waals surface area contributed by atoms with Gasteiger partial charge in [0.1, 0.15) is 0 Å². The molecule has 2 aromatic rings. The Bertz CT molecular complexity index is 825. The fourth-order valence-electron chi connectivity index (χ4n) is 3.05. The number of aliphatic imine (C=N–C) groups is 1. The summed E-state index contributed by atoms with van der Waals surface area (Å²) in [6, 6.07) is 16.4. The van der Waals surface area contributed by atoms with Gasteiger partial charge in [0.25, 0.3) is 5.91 Å². The summed E-state index contributed by atoms with van der Waals surface area (Å²) in [5.74, 6) is 0.753. The number of nitrogens with one attached hydrogen (secondary N) is 3. The van der Waals surface area contributed by atoms with Crippen LogP contribution in [0.1, 0.15) is 47.8 Å². The molecule has 0 aromatic heterocycles. The number of hydrogen-bond acceptors (Lipinski definition) is 2. The molecule has 0 spiro atoms. The van der Waals surface area contributed by atoms with Gasteiger partial charge in [0, 0.05) is 31.1 Å². The van der Waals surface area contributed by atoms with Crippen LogP contribution in [0.15, 0.2) is 53.5 Å². The third-order valence-electron chi connectivity index (χ3n) is 4.93. The highest BCUT2D eigenvalue weighted by atomic mass is 16.1. The maximum absolute atomic E-state index is 11.8. The number of hydrogen-bond donors (Lipinski definition) is 3. The molecular formula is C24H34N4O. The Morgan fingerprint density at radius 3 is 2.45 bits per heavy atom. The molecule has 0 heterocycles. The number of carbonyl (C=O) groups excluding carboxylic acids is 1. The molecule has 5 heteroatoms. The summed E-state index contributed by atoms with van der Waals surface area (Å²) in [4.78, 5) is 16.6. The Morgan fingerprint density at radius 2 is 1.79 bits per heavy atom. The maximum Gasteiger partial charge on any atom is 0.251 e. The molecule has 2 rings (SSSR count). The van der Waals surface area contributed by atoms with Crippen molar-refractivity contribution in [2.45, 2.75) is 39.5 Å². The van der Waals surface area contributed by atoms with Crippen LogP contribution in [0.5, 0.6) is 0 Å². The highest BCUT2D eigenvalue weighted by Gasteiger charge is 2.20.